The molecule has 5 nitrogen and oxygen atoms in total. The molecule has 1 aliphatic heterocycles. The van der Waals surface area contributed by atoms with Gasteiger partial charge in [-0.25, -0.2) is 0 Å². The van der Waals surface area contributed by atoms with Gasteiger partial charge in [-0.1, -0.05) is 13.0 Å². The lowest BCUT2D eigenvalue weighted by atomic mass is 9.89. The third kappa shape index (κ3) is 2.73. The summed E-state index contributed by atoms with van der Waals surface area (Å²) in [6.45, 7) is 4.47. The molecule has 3 aromatic heterocycles. The molecule has 0 spiro atoms. The second-order valence-corrected chi connectivity index (χ2v) is 7.56. The second-order valence-electron chi connectivity index (χ2n) is 7.56. The van der Waals surface area contributed by atoms with E-state index in [4.69, 9.17) is 4.98 Å². The smallest absolute Gasteiger partial charge is 0.0875 e. The number of aromatic nitrogens is 4. The summed E-state index contributed by atoms with van der Waals surface area (Å²) in [5, 5.41) is 10.3. The van der Waals surface area contributed by atoms with Crippen LogP contribution in [-0.4, -0.2) is 32.8 Å². The highest BCUT2D eigenvalue weighted by Gasteiger charge is 2.18. The number of H-pyrrole nitrogens is 1. The van der Waals surface area contributed by atoms with E-state index in [-0.39, 0.29) is 0 Å². The summed E-state index contributed by atoms with van der Waals surface area (Å²) in [6.07, 6.45) is 7.26. The molecule has 0 saturated carbocycles. The van der Waals surface area contributed by atoms with Crippen molar-refractivity contribution in [2.45, 2.75) is 32.1 Å². The Bertz CT molecular complexity index is 1110. The van der Waals surface area contributed by atoms with Gasteiger partial charge in [-0.15, -0.1) is 0 Å². The Kier molecular flexibility index (Phi) is 3.97. The van der Waals surface area contributed by atoms with Crippen LogP contribution in [-0.2, 0) is 13.5 Å². The zero-order valence-corrected chi connectivity index (χ0v) is 15.9. The van der Waals surface area contributed by atoms with Crippen molar-refractivity contribution in [3.05, 3.63) is 47.8 Å². The van der Waals surface area contributed by atoms with Crippen molar-refractivity contribution >= 4 is 21.8 Å². The molecule has 27 heavy (non-hydrogen) atoms. The summed E-state index contributed by atoms with van der Waals surface area (Å²) in [5.41, 5.74) is 7.22. The van der Waals surface area contributed by atoms with Crippen molar-refractivity contribution < 1.29 is 0 Å². The number of rotatable bonds is 3. The molecule has 0 unspecified atom stereocenters. The maximum atomic E-state index is 4.73. The average Bonchev–Trinajstić information content (AvgIpc) is 3.28. The van der Waals surface area contributed by atoms with Gasteiger partial charge < -0.3 is 10.3 Å². The molecular formula is C22H25N5. The first-order chi connectivity index (χ1) is 13.2. The molecule has 1 fully saturated rings. The Morgan fingerprint density at radius 2 is 2.00 bits per heavy atom. The largest absolute Gasteiger partial charge is 0.353 e. The molecule has 0 radical (unpaired) electrons. The van der Waals surface area contributed by atoms with Gasteiger partial charge in [0.15, 0.2) is 0 Å². The fraction of sp³-hybridized carbons (Fsp3) is 0.364. The van der Waals surface area contributed by atoms with Gasteiger partial charge in [0.05, 0.1) is 29.3 Å². The highest BCUT2D eigenvalue weighted by Crippen LogP contribution is 2.34. The molecule has 138 valence electrons. The van der Waals surface area contributed by atoms with E-state index < -0.39 is 0 Å². The lowest BCUT2D eigenvalue weighted by Gasteiger charge is -2.23. The van der Waals surface area contributed by atoms with Gasteiger partial charge in [0.2, 0.25) is 0 Å². The molecule has 0 atom stereocenters. The van der Waals surface area contributed by atoms with Crippen molar-refractivity contribution in [1.82, 2.24) is 25.1 Å². The lowest BCUT2D eigenvalue weighted by molar-refractivity contribution is 0.460. The first-order valence-corrected chi connectivity index (χ1v) is 9.88. The van der Waals surface area contributed by atoms with E-state index in [1.807, 2.05) is 24.1 Å². The fourth-order valence-corrected chi connectivity index (χ4v) is 4.45. The number of benzene rings is 1. The number of aryl methyl sites for hydroxylation is 2. The van der Waals surface area contributed by atoms with Gasteiger partial charge in [-0.2, -0.15) is 5.10 Å². The van der Waals surface area contributed by atoms with Crippen LogP contribution < -0.4 is 5.32 Å². The minimum atomic E-state index is 0.670. The summed E-state index contributed by atoms with van der Waals surface area (Å²) in [5.74, 6) is 0.670. The van der Waals surface area contributed by atoms with E-state index in [0.717, 1.165) is 41.8 Å². The molecule has 0 amide bonds. The maximum absolute atomic E-state index is 4.73. The molecule has 0 bridgehead atoms. The van der Waals surface area contributed by atoms with Crippen LogP contribution in [0.4, 0.5) is 0 Å². The number of piperidine rings is 1. The number of fused-ring (bicyclic) bond motifs is 2. The molecule has 1 saturated heterocycles. The zero-order valence-electron chi connectivity index (χ0n) is 15.9. The molecule has 1 aromatic carbocycles. The Labute approximate surface area is 158 Å². The SMILES string of the molecule is CCc1c(-c2cc3cnn(C)c3cn2)[nH]c2ccc(C3CCNCC3)cc12. The third-order valence-corrected chi connectivity index (χ3v) is 5.98. The van der Waals surface area contributed by atoms with Gasteiger partial charge >= 0.3 is 0 Å². The summed E-state index contributed by atoms with van der Waals surface area (Å²) < 4.78 is 1.86. The Hall–Kier alpha value is -2.66. The van der Waals surface area contributed by atoms with Gasteiger partial charge in [0, 0.05) is 23.3 Å². The molecule has 0 aliphatic carbocycles. The minimum Gasteiger partial charge on any atom is -0.353 e. The molecule has 4 heterocycles. The number of hydrogen-bond donors (Lipinski definition) is 2. The van der Waals surface area contributed by atoms with Crippen LogP contribution in [0, 0.1) is 0 Å². The van der Waals surface area contributed by atoms with Gasteiger partial charge in [-0.05, 0) is 67.6 Å². The Balaban J connectivity index is 1.62. The second kappa shape index (κ2) is 6.50. The fourth-order valence-electron chi connectivity index (χ4n) is 4.45. The maximum Gasteiger partial charge on any atom is 0.0875 e. The van der Waals surface area contributed by atoms with Crippen molar-refractivity contribution in [3.8, 4) is 11.4 Å². The van der Waals surface area contributed by atoms with Crippen LogP contribution in [0.1, 0.15) is 36.8 Å². The molecule has 4 aromatic rings. The normalized spacial score (nSPS) is 15.8. The van der Waals surface area contributed by atoms with Gasteiger partial charge in [0.1, 0.15) is 0 Å². The van der Waals surface area contributed by atoms with E-state index in [9.17, 15) is 0 Å². The van der Waals surface area contributed by atoms with Crippen molar-refractivity contribution in [1.29, 1.82) is 0 Å². The van der Waals surface area contributed by atoms with E-state index in [1.165, 1.54) is 34.9 Å². The minimum absolute atomic E-state index is 0.670. The molecule has 5 heteroatoms. The van der Waals surface area contributed by atoms with E-state index in [0.29, 0.717) is 5.92 Å². The van der Waals surface area contributed by atoms with Crippen molar-refractivity contribution in [2.24, 2.45) is 7.05 Å². The van der Waals surface area contributed by atoms with Crippen LogP contribution in [0.5, 0.6) is 0 Å². The van der Waals surface area contributed by atoms with E-state index >= 15 is 0 Å². The van der Waals surface area contributed by atoms with Crippen LogP contribution in [0.2, 0.25) is 0 Å². The first-order valence-electron chi connectivity index (χ1n) is 9.88. The molecule has 5 rings (SSSR count). The predicted octanol–water partition coefficient (Wildman–Crippen LogP) is 4.15. The number of nitrogens with zero attached hydrogens (tertiary/aromatic N) is 3. The van der Waals surface area contributed by atoms with E-state index in [2.05, 4.69) is 46.6 Å². The Morgan fingerprint density at radius 1 is 1.15 bits per heavy atom. The monoisotopic (exact) mass is 359 g/mol. The van der Waals surface area contributed by atoms with Crippen LogP contribution in [0.15, 0.2) is 36.7 Å². The van der Waals surface area contributed by atoms with Gasteiger partial charge in [-0.3, -0.25) is 9.67 Å². The zero-order chi connectivity index (χ0) is 18.4. The summed E-state index contributed by atoms with van der Waals surface area (Å²) in [6, 6.07) is 9.10. The van der Waals surface area contributed by atoms with Gasteiger partial charge in [0.25, 0.3) is 0 Å². The number of nitrogens with one attached hydrogen (secondary N) is 2. The number of pyridine rings is 1. The molecular weight excluding hydrogens is 334 g/mol. The third-order valence-electron chi connectivity index (χ3n) is 5.98. The van der Waals surface area contributed by atoms with Crippen LogP contribution in [0.25, 0.3) is 33.2 Å². The average molecular weight is 359 g/mol. The van der Waals surface area contributed by atoms with Crippen molar-refractivity contribution in [3.63, 3.8) is 0 Å². The summed E-state index contributed by atoms with van der Waals surface area (Å²) in [7, 11) is 1.95. The summed E-state index contributed by atoms with van der Waals surface area (Å²) >= 11 is 0. The molecule has 2 N–H and O–H groups in total. The number of hydrogen-bond acceptors (Lipinski definition) is 3. The highest BCUT2D eigenvalue weighted by atomic mass is 15.2. The number of aromatic amines is 1. The highest BCUT2D eigenvalue weighted by molar-refractivity contribution is 5.92. The van der Waals surface area contributed by atoms with Crippen molar-refractivity contribution in [2.75, 3.05) is 13.1 Å². The quantitative estimate of drug-likeness (QED) is 0.578. The van der Waals surface area contributed by atoms with E-state index in [1.54, 1.807) is 0 Å². The lowest BCUT2D eigenvalue weighted by Crippen LogP contribution is -2.26. The topological polar surface area (TPSA) is 58.5 Å². The predicted molar refractivity (Wildman–Crippen MR) is 110 cm³/mol. The Morgan fingerprint density at radius 3 is 2.81 bits per heavy atom. The van der Waals surface area contributed by atoms with Crippen LogP contribution >= 0.6 is 0 Å². The summed E-state index contributed by atoms with van der Waals surface area (Å²) in [4.78, 5) is 8.36. The standard InChI is InChI=1S/C22H25N5/c1-3-17-18-10-15(14-6-8-23-9-7-14)4-5-19(18)26-22(17)20-11-16-12-25-27(2)21(16)13-24-20/h4-5,10-14,23,26H,3,6-9H2,1-2H3. The first kappa shape index (κ1) is 16.5. The van der Waals surface area contributed by atoms with Crippen LogP contribution in [0.3, 0.4) is 0 Å². The molecule has 1 aliphatic rings.